The highest BCUT2D eigenvalue weighted by molar-refractivity contribution is 5.95. The van der Waals surface area contributed by atoms with Crippen LogP contribution >= 0.6 is 0 Å². The van der Waals surface area contributed by atoms with E-state index >= 15 is 0 Å². The maximum absolute atomic E-state index is 13.7. The van der Waals surface area contributed by atoms with Gasteiger partial charge in [0.05, 0.1) is 35.0 Å². The molecule has 3 rings (SSSR count). The maximum Gasteiger partial charge on any atom is 0.270 e. The fourth-order valence-corrected chi connectivity index (χ4v) is 4.04. The third kappa shape index (κ3) is 5.31. The highest BCUT2D eigenvalue weighted by Crippen LogP contribution is 2.27. The summed E-state index contributed by atoms with van der Waals surface area (Å²) in [6, 6.07) is 12.3. The molecular formula is C25H30N4O5. The molecule has 1 unspecified atom stereocenters. The van der Waals surface area contributed by atoms with Crippen molar-refractivity contribution in [1.29, 1.82) is 0 Å². The van der Waals surface area contributed by atoms with E-state index in [1.54, 1.807) is 40.8 Å². The number of carbonyl (C=O) groups is 1. The van der Waals surface area contributed by atoms with Crippen molar-refractivity contribution in [3.8, 4) is 0 Å². The number of benzene rings is 2. The van der Waals surface area contributed by atoms with Crippen LogP contribution in [0.4, 0.5) is 5.69 Å². The lowest BCUT2D eigenvalue weighted by Crippen LogP contribution is -2.41. The van der Waals surface area contributed by atoms with Gasteiger partial charge in [-0.2, -0.15) is 0 Å². The second kappa shape index (κ2) is 11.0. The Hall–Kier alpha value is -3.59. The normalized spacial score (nSPS) is 12.1. The molecule has 9 heteroatoms. The van der Waals surface area contributed by atoms with E-state index in [2.05, 4.69) is 0 Å². The zero-order valence-electron chi connectivity index (χ0n) is 19.9. The maximum atomic E-state index is 13.7. The molecule has 1 heterocycles. The van der Waals surface area contributed by atoms with Crippen molar-refractivity contribution in [2.45, 2.75) is 39.8 Å². The Morgan fingerprint density at radius 2 is 1.94 bits per heavy atom. The van der Waals surface area contributed by atoms with E-state index in [0.717, 1.165) is 0 Å². The first-order valence-electron chi connectivity index (χ1n) is 11.3. The van der Waals surface area contributed by atoms with E-state index in [-0.39, 0.29) is 28.6 Å². The Morgan fingerprint density at radius 3 is 2.59 bits per heavy atom. The molecule has 2 aromatic carbocycles. The molecule has 34 heavy (non-hydrogen) atoms. The molecule has 1 aromatic heterocycles. The molecule has 180 valence electrons. The Morgan fingerprint density at radius 1 is 1.21 bits per heavy atom. The quantitative estimate of drug-likeness (QED) is 0.327. The van der Waals surface area contributed by atoms with Crippen molar-refractivity contribution in [3.05, 3.63) is 80.4 Å². The number of nitro benzene ring substituents is 1. The van der Waals surface area contributed by atoms with Crippen molar-refractivity contribution in [3.63, 3.8) is 0 Å². The van der Waals surface area contributed by atoms with Gasteiger partial charge in [0.2, 0.25) is 0 Å². The zero-order valence-corrected chi connectivity index (χ0v) is 19.9. The molecule has 1 atom stereocenters. The molecule has 3 aromatic rings. The lowest BCUT2D eigenvalue weighted by molar-refractivity contribution is -0.384. The number of ether oxygens (including phenoxy) is 1. The lowest BCUT2D eigenvalue weighted by Gasteiger charge is -2.33. The molecule has 0 saturated carbocycles. The number of aromatic nitrogens is 2. The Bertz CT molecular complexity index is 1240. The van der Waals surface area contributed by atoms with Gasteiger partial charge in [-0.3, -0.25) is 24.3 Å². The summed E-state index contributed by atoms with van der Waals surface area (Å²) in [4.78, 5) is 44.3. The standard InChI is InChI=1S/C25H30N4O5/c1-5-22(23-26-21-12-7-6-11-20(21)25(31)27(23)13-14-34-4)28(16-17(2)3)24(30)18-9-8-10-19(15-18)29(32)33/h6-12,15,17,22H,5,13-14,16H2,1-4H3. The number of amides is 1. The topological polar surface area (TPSA) is 108 Å². The molecular weight excluding hydrogens is 436 g/mol. The van der Waals surface area contributed by atoms with Crippen LogP contribution in [0.2, 0.25) is 0 Å². The minimum atomic E-state index is -0.520. The van der Waals surface area contributed by atoms with E-state index in [1.807, 2.05) is 26.8 Å². The average molecular weight is 467 g/mol. The van der Waals surface area contributed by atoms with Crippen molar-refractivity contribution in [1.82, 2.24) is 14.5 Å². The van der Waals surface area contributed by atoms with Crippen LogP contribution in [0.25, 0.3) is 10.9 Å². The number of hydrogen-bond acceptors (Lipinski definition) is 6. The van der Waals surface area contributed by atoms with Gasteiger partial charge in [-0.05, 0) is 30.5 Å². The van der Waals surface area contributed by atoms with E-state index in [0.29, 0.717) is 42.8 Å². The van der Waals surface area contributed by atoms with Crippen molar-refractivity contribution in [2.75, 3.05) is 20.3 Å². The van der Waals surface area contributed by atoms with Gasteiger partial charge in [0, 0.05) is 31.4 Å². The Balaban J connectivity index is 2.17. The van der Waals surface area contributed by atoms with Crippen LogP contribution in [-0.2, 0) is 11.3 Å². The largest absolute Gasteiger partial charge is 0.383 e. The number of non-ortho nitro benzene ring substituents is 1. The molecule has 1 amide bonds. The molecule has 0 radical (unpaired) electrons. The first kappa shape index (κ1) is 25.0. The number of hydrogen-bond donors (Lipinski definition) is 0. The smallest absolute Gasteiger partial charge is 0.270 e. The van der Waals surface area contributed by atoms with Crippen LogP contribution in [0.15, 0.2) is 53.3 Å². The highest BCUT2D eigenvalue weighted by Gasteiger charge is 2.30. The number of para-hydroxylation sites is 1. The van der Waals surface area contributed by atoms with E-state index in [4.69, 9.17) is 9.72 Å². The second-order valence-electron chi connectivity index (χ2n) is 8.52. The van der Waals surface area contributed by atoms with Gasteiger partial charge >= 0.3 is 0 Å². The molecule has 0 aliphatic carbocycles. The van der Waals surface area contributed by atoms with Crippen LogP contribution in [-0.4, -0.2) is 45.5 Å². The lowest BCUT2D eigenvalue weighted by atomic mass is 10.1. The van der Waals surface area contributed by atoms with Crippen LogP contribution < -0.4 is 5.56 Å². The summed E-state index contributed by atoms with van der Waals surface area (Å²) in [5.74, 6) is 0.254. The Kier molecular flexibility index (Phi) is 8.12. The summed E-state index contributed by atoms with van der Waals surface area (Å²) in [6.45, 7) is 6.91. The molecule has 9 nitrogen and oxygen atoms in total. The first-order chi connectivity index (χ1) is 16.3. The molecule has 0 fully saturated rings. The van der Waals surface area contributed by atoms with Crippen molar-refractivity contribution >= 4 is 22.5 Å². The molecule has 0 N–H and O–H groups in total. The van der Waals surface area contributed by atoms with Gasteiger partial charge in [-0.1, -0.05) is 39.0 Å². The first-order valence-corrected chi connectivity index (χ1v) is 11.3. The number of nitrogens with zero attached hydrogens (tertiary/aromatic N) is 4. The number of rotatable bonds is 10. The fraction of sp³-hybridized carbons (Fsp3) is 0.400. The van der Waals surface area contributed by atoms with Gasteiger partial charge in [0.15, 0.2) is 0 Å². The average Bonchev–Trinajstić information content (AvgIpc) is 2.83. The summed E-state index contributed by atoms with van der Waals surface area (Å²) in [6.07, 6.45) is 0.505. The minimum Gasteiger partial charge on any atom is -0.383 e. The van der Waals surface area contributed by atoms with Crippen molar-refractivity contribution < 1.29 is 14.5 Å². The predicted molar refractivity (Wildman–Crippen MR) is 130 cm³/mol. The monoisotopic (exact) mass is 466 g/mol. The number of carbonyl (C=O) groups excluding carboxylic acids is 1. The molecule has 0 aliphatic rings. The van der Waals surface area contributed by atoms with Gasteiger partial charge in [0.25, 0.3) is 17.2 Å². The molecule has 0 aliphatic heterocycles. The van der Waals surface area contributed by atoms with E-state index in [1.165, 1.54) is 18.2 Å². The van der Waals surface area contributed by atoms with Gasteiger partial charge in [-0.15, -0.1) is 0 Å². The summed E-state index contributed by atoms with van der Waals surface area (Å²) < 4.78 is 6.80. The Labute approximate surface area is 198 Å². The minimum absolute atomic E-state index is 0.122. The summed E-state index contributed by atoms with van der Waals surface area (Å²) >= 11 is 0. The third-order valence-corrected chi connectivity index (χ3v) is 5.60. The van der Waals surface area contributed by atoms with E-state index < -0.39 is 11.0 Å². The zero-order chi connectivity index (χ0) is 24.8. The highest BCUT2D eigenvalue weighted by atomic mass is 16.6. The summed E-state index contributed by atoms with van der Waals surface area (Å²) in [5, 5.41) is 11.8. The molecule has 0 bridgehead atoms. The fourth-order valence-electron chi connectivity index (χ4n) is 4.04. The SMILES string of the molecule is CCC(c1nc2ccccc2c(=O)n1CCOC)N(CC(C)C)C(=O)c1cccc([N+](=O)[O-])c1. The summed E-state index contributed by atoms with van der Waals surface area (Å²) in [7, 11) is 1.56. The third-order valence-electron chi connectivity index (χ3n) is 5.60. The van der Waals surface area contributed by atoms with E-state index in [9.17, 15) is 19.7 Å². The van der Waals surface area contributed by atoms with Crippen LogP contribution in [0, 0.1) is 16.0 Å². The second-order valence-corrected chi connectivity index (χ2v) is 8.52. The number of methoxy groups -OCH3 is 1. The van der Waals surface area contributed by atoms with Gasteiger partial charge < -0.3 is 9.64 Å². The van der Waals surface area contributed by atoms with Crippen LogP contribution in [0.5, 0.6) is 0 Å². The van der Waals surface area contributed by atoms with Gasteiger partial charge in [-0.25, -0.2) is 4.98 Å². The van der Waals surface area contributed by atoms with Crippen LogP contribution in [0.3, 0.4) is 0 Å². The summed E-state index contributed by atoms with van der Waals surface area (Å²) in [5.41, 5.74) is 0.439. The van der Waals surface area contributed by atoms with Crippen LogP contribution in [0.1, 0.15) is 49.4 Å². The van der Waals surface area contributed by atoms with Gasteiger partial charge in [0.1, 0.15) is 5.82 Å². The molecule has 0 spiro atoms. The molecule has 0 saturated heterocycles. The predicted octanol–water partition coefficient (Wildman–Crippen LogP) is 4.20. The number of nitro groups is 1. The van der Waals surface area contributed by atoms with Crippen molar-refractivity contribution in [2.24, 2.45) is 5.92 Å². The number of fused-ring (bicyclic) bond motifs is 1.